The highest BCUT2D eigenvalue weighted by Gasteiger charge is 2.13. The lowest BCUT2D eigenvalue weighted by molar-refractivity contribution is 0.0939. The largest absolute Gasteiger partial charge is 0.460 e. The number of anilines is 3. The van der Waals surface area contributed by atoms with Crippen LogP contribution in [0, 0.1) is 0 Å². The number of amides is 1. The molecule has 3 aromatic heterocycles. The molecule has 10 heteroatoms. The quantitative estimate of drug-likeness (QED) is 0.330. The maximum absolute atomic E-state index is 12.0. The van der Waals surface area contributed by atoms with E-state index in [4.69, 9.17) is 21.1 Å². The molecule has 0 atom stereocenters. The highest BCUT2D eigenvalue weighted by atomic mass is 35.5. The Morgan fingerprint density at radius 2 is 1.90 bits per heavy atom. The van der Waals surface area contributed by atoms with Crippen LogP contribution in [-0.4, -0.2) is 39.3 Å². The number of nitrogens with one attached hydrogen (secondary N) is 3. The van der Waals surface area contributed by atoms with Crippen LogP contribution in [0.4, 0.5) is 17.3 Å². The van der Waals surface area contributed by atoms with E-state index in [2.05, 4.69) is 31.1 Å². The fraction of sp³-hybridized carbons (Fsp3) is 0.143. The van der Waals surface area contributed by atoms with Crippen molar-refractivity contribution in [2.75, 3.05) is 23.8 Å². The van der Waals surface area contributed by atoms with E-state index < -0.39 is 0 Å². The molecule has 0 aliphatic heterocycles. The molecule has 1 aromatic carbocycles. The van der Waals surface area contributed by atoms with E-state index in [0.717, 1.165) is 16.6 Å². The van der Waals surface area contributed by atoms with Gasteiger partial charge in [0.25, 0.3) is 5.91 Å². The summed E-state index contributed by atoms with van der Waals surface area (Å²) >= 11 is 5.93. The first-order valence-electron chi connectivity index (χ1n) is 9.48. The third-order valence-electron chi connectivity index (χ3n) is 4.41. The van der Waals surface area contributed by atoms with Gasteiger partial charge in [0.15, 0.2) is 17.2 Å². The molecule has 4 aromatic rings. The molecular formula is C21H19ClN6O3. The number of hydrogen-bond acceptors (Lipinski definition) is 8. The molecule has 0 aliphatic rings. The van der Waals surface area contributed by atoms with Gasteiger partial charge in [0, 0.05) is 30.0 Å². The zero-order valence-corrected chi connectivity index (χ0v) is 17.1. The minimum atomic E-state index is -0.346. The van der Waals surface area contributed by atoms with Gasteiger partial charge in [-0.05, 0) is 48.0 Å². The van der Waals surface area contributed by atoms with Gasteiger partial charge >= 0.3 is 0 Å². The van der Waals surface area contributed by atoms with Gasteiger partial charge in [-0.15, -0.1) is 10.2 Å². The van der Waals surface area contributed by atoms with Crippen LogP contribution in [0.15, 0.2) is 59.3 Å². The average Bonchev–Trinajstić information content (AvgIpc) is 3.29. The van der Waals surface area contributed by atoms with Crippen LogP contribution in [0.25, 0.3) is 11.0 Å². The third-order valence-corrected chi connectivity index (χ3v) is 4.66. The molecule has 0 spiro atoms. The SMILES string of the molecule is O=C(NCCO)c1cc(CNc2nnc(Nc3ccc(Cl)cc3)c3ccoc23)ccn1. The molecule has 9 nitrogen and oxygen atoms in total. The first-order valence-corrected chi connectivity index (χ1v) is 9.86. The molecule has 3 heterocycles. The number of fused-ring (bicyclic) bond motifs is 1. The van der Waals surface area contributed by atoms with Crippen molar-refractivity contribution in [1.29, 1.82) is 0 Å². The third kappa shape index (κ3) is 4.90. The van der Waals surface area contributed by atoms with Crippen LogP contribution in [0.2, 0.25) is 5.02 Å². The number of halogens is 1. The second kappa shape index (κ2) is 9.41. The van der Waals surface area contributed by atoms with Crippen molar-refractivity contribution in [3.8, 4) is 0 Å². The standard InChI is InChI=1S/C21H19ClN6O3/c22-14-1-3-15(4-2-14)26-19-16-6-10-31-18(16)20(28-27-19)25-12-13-5-7-23-17(11-13)21(30)24-8-9-29/h1-7,10-11,29H,8-9,12H2,(H,24,30)(H,25,28)(H,26,27). The number of benzene rings is 1. The summed E-state index contributed by atoms with van der Waals surface area (Å²) in [5.74, 6) is 0.690. The summed E-state index contributed by atoms with van der Waals surface area (Å²) in [6.07, 6.45) is 3.13. The number of nitrogens with zero attached hydrogens (tertiary/aromatic N) is 3. The topological polar surface area (TPSA) is 125 Å². The van der Waals surface area contributed by atoms with Crippen LogP contribution in [0.1, 0.15) is 16.1 Å². The molecule has 0 aliphatic carbocycles. The van der Waals surface area contributed by atoms with Crippen molar-refractivity contribution in [2.24, 2.45) is 0 Å². The minimum absolute atomic E-state index is 0.131. The van der Waals surface area contributed by atoms with Crippen molar-refractivity contribution < 1.29 is 14.3 Å². The number of pyridine rings is 1. The Hall–Kier alpha value is -3.69. The Kier molecular flexibility index (Phi) is 6.25. The predicted molar refractivity (Wildman–Crippen MR) is 118 cm³/mol. The summed E-state index contributed by atoms with van der Waals surface area (Å²) in [6, 6.07) is 12.5. The van der Waals surface area contributed by atoms with Crippen LogP contribution in [0.3, 0.4) is 0 Å². The normalized spacial score (nSPS) is 10.8. The number of aliphatic hydroxyl groups is 1. The number of aliphatic hydroxyl groups excluding tert-OH is 1. The first kappa shape index (κ1) is 20.6. The molecule has 0 bridgehead atoms. The van der Waals surface area contributed by atoms with Crippen LogP contribution in [0.5, 0.6) is 0 Å². The smallest absolute Gasteiger partial charge is 0.269 e. The molecule has 4 rings (SSSR count). The summed E-state index contributed by atoms with van der Waals surface area (Å²) in [5.41, 5.74) is 2.48. The van der Waals surface area contributed by atoms with E-state index in [-0.39, 0.29) is 24.8 Å². The van der Waals surface area contributed by atoms with Crippen LogP contribution in [-0.2, 0) is 6.54 Å². The van der Waals surface area contributed by atoms with E-state index in [1.165, 1.54) is 0 Å². The van der Waals surface area contributed by atoms with Crippen molar-refractivity contribution in [2.45, 2.75) is 6.54 Å². The minimum Gasteiger partial charge on any atom is -0.460 e. The lowest BCUT2D eigenvalue weighted by atomic mass is 10.2. The summed E-state index contributed by atoms with van der Waals surface area (Å²) in [6.45, 7) is 0.427. The van der Waals surface area contributed by atoms with E-state index in [9.17, 15) is 4.79 Å². The van der Waals surface area contributed by atoms with Gasteiger partial charge in [-0.1, -0.05) is 11.6 Å². The predicted octanol–water partition coefficient (Wildman–Crippen LogP) is 3.35. The monoisotopic (exact) mass is 438 g/mol. The van der Waals surface area contributed by atoms with Gasteiger partial charge in [0.1, 0.15) is 5.69 Å². The fourth-order valence-electron chi connectivity index (χ4n) is 2.91. The lowest BCUT2D eigenvalue weighted by Crippen LogP contribution is -2.27. The number of rotatable bonds is 8. The number of hydrogen-bond donors (Lipinski definition) is 4. The second-order valence-electron chi connectivity index (χ2n) is 6.57. The molecule has 0 fully saturated rings. The summed E-state index contributed by atoms with van der Waals surface area (Å²) in [5, 5.41) is 27.7. The van der Waals surface area contributed by atoms with Crippen LogP contribution < -0.4 is 16.0 Å². The van der Waals surface area contributed by atoms with E-state index in [0.29, 0.717) is 28.8 Å². The molecule has 0 radical (unpaired) electrons. The van der Waals surface area contributed by atoms with Gasteiger partial charge in [-0.3, -0.25) is 9.78 Å². The van der Waals surface area contributed by atoms with Gasteiger partial charge < -0.3 is 25.5 Å². The lowest BCUT2D eigenvalue weighted by Gasteiger charge is -2.10. The Morgan fingerprint density at radius 1 is 1.10 bits per heavy atom. The number of aromatic nitrogens is 3. The number of carbonyl (C=O) groups excluding carboxylic acids is 1. The zero-order valence-electron chi connectivity index (χ0n) is 16.3. The van der Waals surface area contributed by atoms with Gasteiger partial charge in [0.05, 0.1) is 18.3 Å². The molecule has 31 heavy (non-hydrogen) atoms. The second-order valence-corrected chi connectivity index (χ2v) is 7.01. The first-order chi connectivity index (χ1) is 15.1. The zero-order chi connectivity index (χ0) is 21.6. The van der Waals surface area contributed by atoms with Crippen molar-refractivity contribution in [3.05, 3.63) is 71.2 Å². The molecule has 0 saturated heterocycles. The molecule has 1 amide bonds. The highest BCUT2D eigenvalue weighted by molar-refractivity contribution is 6.30. The van der Waals surface area contributed by atoms with Gasteiger partial charge in [-0.25, -0.2) is 0 Å². The summed E-state index contributed by atoms with van der Waals surface area (Å²) in [4.78, 5) is 16.1. The van der Waals surface area contributed by atoms with Crippen molar-refractivity contribution >= 4 is 45.8 Å². The maximum atomic E-state index is 12.0. The summed E-state index contributed by atoms with van der Waals surface area (Å²) < 4.78 is 5.61. The average molecular weight is 439 g/mol. The van der Waals surface area contributed by atoms with Crippen molar-refractivity contribution in [3.63, 3.8) is 0 Å². The van der Waals surface area contributed by atoms with E-state index >= 15 is 0 Å². The fourth-order valence-corrected chi connectivity index (χ4v) is 3.04. The molecule has 0 unspecified atom stereocenters. The molecular weight excluding hydrogens is 420 g/mol. The highest BCUT2D eigenvalue weighted by Crippen LogP contribution is 2.29. The van der Waals surface area contributed by atoms with E-state index in [1.807, 2.05) is 18.2 Å². The van der Waals surface area contributed by atoms with Crippen LogP contribution >= 0.6 is 11.6 Å². The van der Waals surface area contributed by atoms with Crippen molar-refractivity contribution in [1.82, 2.24) is 20.5 Å². The number of furan rings is 1. The molecule has 158 valence electrons. The summed E-state index contributed by atoms with van der Waals surface area (Å²) in [7, 11) is 0. The van der Waals surface area contributed by atoms with Gasteiger partial charge in [-0.2, -0.15) is 0 Å². The van der Waals surface area contributed by atoms with Gasteiger partial charge in [0.2, 0.25) is 0 Å². The number of carbonyl (C=O) groups is 1. The Bertz CT molecular complexity index is 1200. The Morgan fingerprint density at radius 3 is 2.71 bits per heavy atom. The Balaban J connectivity index is 1.49. The maximum Gasteiger partial charge on any atom is 0.269 e. The molecule has 4 N–H and O–H groups in total. The van der Waals surface area contributed by atoms with E-state index in [1.54, 1.807) is 36.7 Å². The Labute approximate surface area is 182 Å². The molecule has 0 saturated carbocycles.